The molecule has 0 N–H and O–H groups in total. The highest BCUT2D eigenvalue weighted by molar-refractivity contribution is 7.89. The van der Waals surface area contributed by atoms with Gasteiger partial charge in [0.15, 0.2) is 0 Å². The third kappa shape index (κ3) is 3.67. The van der Waals surface area contributed by atoms with Crippen LogP contribution in [0.25, 0.3) is 0 Å². The van der Waals surface area contributed by atoms with Crippen molar-refractivity contribution in [2.24, 2.45) is 0 Å². The first-order chi connectivity index (χ1) is 11.9. The van der Waals surface area contributed by atoms with Crippen molar-refractivity contribution < 1.29 is 13.2 Å². The van der Waals surface area contributed by atoms with Crippen LogP contribution in [0.3, 0.4) is 0 Å². The summed E-state index contributed by atoms with van der Waals surface area (Å²) in [6, 6.07) is 6.30. The van der Waals surface area contributed by atoms with Gasteiger partial charge in [-0.1, -0.05) is 29.3 Å². The van der Waals surface area contributed by atoms with Crippen LogP contribution in [0.4, 0.5) is 5.95 Å². The Balaban J connectivity index is 1.77. The number of anilines is 1. The van der Waals surface area contributed by atoms with Crippen LogP contribution >= 0.6 is 23.2 Å². The summed E-state index contributed by atoms with van der Waals surface area (Å²) in [5, 5.41) is 0.233. The monoisotopic (exact) mass is 402 g/mol. The molecule has 25 heavy (non-hydrogen) atoms. The molecule has 0 unspecified atom stereocenters. The van der Waals surface area contributed by atoms with E-state index in [0.717, 1.165) is 0 Å². The van der Waals surface area contributed by atoms with Gasteiger partial charge in [-0.3, -0.25) is 0 Å². The van der Waals surface area contributed by atoms with Crippen molar-refractivity contribution in [2.75, 3.05) is 38.2 Å². The number of benzene rings is 1. The molecule has 1 aliphatic rings. The van der Waals surface area contributed by atoms with E-state index in [1.165, 1.54) is 23.5 Å². The van der Waals surface area contributed by atoms with Crippen LogP contribution in [0, 0.1) is 0 Å². The number of piperazine rings is 1. The number of nitrogens with zero attached hydrogens (tertiary/aromatic N) is 4. The molecule has 0 spiro atoms. The number of halogens is 2. The summed E-state index contributed by atoms with van der Waals surface area (Å²) in [4.78, 5) is 10.3. The molecule has 0 saturated carbocycles. The maximum Gasteiger partial charge on any atom is 0.246 e. The molecule has 2 heterocycles. The molecular weight excluding hydrogens is 387 g/mol. The highest BCUT2D eigenvalue weighted by Gasteiger charge is 2.32. The van der Waals surface area contributed by atoms with E-state index < -0.39 is 10.0 Å². The van der Waals surface area contributed by atoms with Gasteiger partial charge in [-0.05, 0) is 12.1 Å². The fourth-order valence-electron chi connectivity index (χ4n) is 2.58. The molecule has 134 valence electrons. The minimum absolute atomic E-state index is 0.0515. The number of hydrogen-bond acceptors (Lipinski definition) is 6. The van der Waals surface area contributed by atoms with Gasteiger partial charge in [0.25, 0.3) is 0 Å². The van der Waals surface area contributed by atoms with E-state index in [9.17, 15) is 8.42 Å². The highest BCUT2D eigenvalue weighted by atomic mass is 35.5. The normalized spacial score (nSPS) is 16.0. The first-order valence-corrected chi connectivity index (χ1v) is 9.69. The van der Waals surface area contributed by atoms with Gasteiger partial charge in [0.2, 0.25) is 21.9 Å². The topological polar surface area (TPSA) is 75.6 Å². The van der Waals surface area contributed by atoms with Gasteiger partial charge in [-0.15, -0.1) is 0 Å². The van der Waals surface area contributed by atoms with Crippen molar-refractivity contribution in [2.45, 2.75) is 4.90 Å². The largest absolute Gasteiger partial charge is 0.481 e. The van der Waals surface area contributed by atoms with E-state index >= 15 is 0 Å². The van der Waals surface area contributed by atoms with Gasteiger partial charge < -0.3 is 9.64 Å². The molecule has 1 aliphatic heterocycles. The summed E-state index contributed by atoms with van der Waals surface area (Å²) in [6.07, 6.45) is 1.60. The van der Waals surface area contributed by atoms with Gasteiger partial charge in [-0.2, -0.15) is 9.29 Å². The Bertz CT molecular complexity index is 851. The zero-order valence-electron chi connectivity index (χ0n) is 13.4. The van der Waals surface area contributed by atoms with Crippen molar-refractivity contribution >= 4 is 39.2 Å². The minimum Gasteiger partial charge on any atom is -0.481 e. The molecule has 0 amide bonds. The Morgan fingerprint density at radius 2 is 1.72 bits per heavy atom. The van der Waals surface area contributed by atoms with Gasteiger partial charge in [0.1, 0.15) is 4.90 Å². The van der Waals surface area contributed by atoms with Crippen LogP contribution < -0.4 is 9.64 Å². The molecule has 7 nitrogen and oxygen atoms in total. The number of sulfonamides is 1. The third-order valence-electron chi connectivity index (χ3n) is 3.86. The standard InChI is InChI=1S/C15H16Cl2N4O3S/c1-24-13-5-6-18-15(19-13)20-7-9-21(10-8-20)25(22,23)14-11(16)3-2-4-12(14)17/h2-6H,7-10H2,1H3. The molecule has 1 fully saturated rings. The smallest absolute Gasteiger partial charge is 0.246 e. The van der Waals surface area contributed by atoms with Gasteiger partial charge in [-0.25, -0.2) is 13.4 Å². The molecule has 0 aliphatic carbocycles. The van der Waals surface area contributed by atoms with E-state index in [-0.39, 0.29) is 28.0 Å². The van der Waals surface area contributed by atoms with Crippen LogP contribution in [0.15, 0.2) is 35.4 Å². The molecule has 0 radical (unpaired) electrons. The number of hydrogen-bond donors (Lipinski definition) is 0. The third-order valence-corrected chi connectivity index (χ3v) is 6.72. The van der Waals surface area contributed by atoms with E-state index in [0.29, 0.717) is 24.9 Å². The Kier molecular flexibility index (Phi) is 5.33. The molecule has 0 atom stereocenters. The fraction of sp³-hybridized carbons (Fsp3) is 0.333. The summed E-state index contributed by atoms with van der Waals surface area (Å²) < 4.78 is 32.2. The average molecular weight is 403 g/mol. The maximum absolute atomic E-state index is 12.9. The van der Waals surface area contributed by atoms with Crippen molar-refractivity contribution in [3.05, 3.63) is 40.5 Å². The summed E-state index contributed by atoms with van der Waals surface area (Å²) >= 11 is 12.1. The number of ether oxygens (including phenoxy) is 1. The van der Waals surface area contributed by atoms with Crippen molar-refractivity contribution in [3.63, 3.8) is 0 Å². The first-order valence-electron chi connectivity index (χ1n) is 7.49. The second-order valence-electron chi connectivity index (χ2n) is 5.34. The molecule has 1 saturated heterocycles. The first kappa shape index (κ1) is 18.2. The number of rotatable bonds is 4. The maximum atomic E-state index is 12.9. The molecule has 1 aromatic heterocycles. The zero-order chi connectivity index (χ0) is 18.0. The SMILES string of the molecule is COc1ccnc(N2CCN(S(=O)(=O)c3c(Cl)cccc3Cl)CC2)n1. The quantitative estimate of drug-likeness (QED) is 0.780. The van der Waals surface area contributed by atoms with Gasteiger partial charge in [0.05, 0.1) is 17.2 Å². The van der Waals surface area contributed by atoms with Crippen LogP contribution in [-0.4, -0.2) is 56.0 Å². The average Bonchev–Trinajstić information content (AvgIpc) is 2.61. The molecule has 2 aromatic rings. The predicted octanol–water partition coefficient (Wildman–Crippen LogP) is 2.30. The number of aromatic nitrogens is 2. The lowest BCUT2D eigenvalue weighted by molar-refractivity contribution is 0.377. The summed E-state index contributed by atoms with van der Waals surface area (Å²) in [7, 11) is -2.23. The minimum atomic E-state index is -3.76. The summed E-state index contributed by atoms with van der Waals surface area (Å²) in [5.74, 6) is 0.968. The van der Waals surface area contributed by atoms with Crippen molar-refractivity contribution in [1.29, 1.82) is 0 Å². The Labute approximate surface area is 156 Å². The fourth-order valence-corrected chi connectivity index (χ4v) is 5.10. The van der Waals surface area contributed by atoms with Crippen LogP contribution in [0.1, 0.15) is 0 Å². The zero-order valence-corrected chi connectivity index (χ0v) is 15.7. The van der Waals surface area contributed by atoms with Gasteiger partial charge >= 0.3 is 0 Å². The lowest BCUT2D eigenvalue weighted by Crippen LogP contribution is -2.49. The Morgan fingerprint density at radius 3 is 2.32 bits per heavy atom. The van der Waals surface area contributed by atoms with E-state index in [2.05, 4.69) is 9.97 Å². The number of methoxy groups -OCH3 is 1. The van der Waals surface area contributed by atoms with Crippen LogP contribution in [0.5, 0.6) is 5.88 Å². The van der Waals surface area contributed by atoms with Crippen LogP contribution in [0.2, 0.25) is 10.0 Å². The Morgan fingerprint density at radius 1 is 1.08 bits per heavy atom. The summed E-state index contributed by atoms with van der Waals surface area (Å²) in [5.41, 5.74) is 0. The highest BCUT2D eigenvalue weighted by Crippen LogP contribution is 2.32. The summed E-state index contributed by atoms with van der Waals surface area (Å²) in [6.45, 7) is 1.47. The van der Waals surface area contributed by atoms with Crippen LogP contribution in [-0.2, 0) is 10.0 Å². The second-order valence-corrected chi connectivity index (χ2v) is 8.03. The Hall–Kier alpha value is -1.61. The van der Waals surface area contributed by atoms with E-state index in [1.807, 2.05) is 4.90 Å². The van der Waals surface area contributed by atoms with E-state index in [4.69, 9.17) is 27.9 Å². The molecule has 3 rings (SSSR count). The lowest BCUT2D eigenvalue weighted by atomic mass is 10.4. The molecule has 0 bridgehead atoms. The molecule has 10 heteroatoms. The lowest BCUT2D eigenvalue weighted by Gasteiger charge is -2.34. The predicted molar refractivity (Wildman–Crippen MR) is 96.0 cm³/mol. The van der Waals surface area contributed by atoms with Crippen molar-refractivity contribution in [3.8, 4) is 5.88 Å². The van der Waals surface area contributed by atoms with Crippen molar-refractivity contribution in [1.82, 2.24) is 14.3 Å². The molecule has 1 aromatic carbocycles. The second kappa shape index (κ2) is 7.33. The molecular formula is C15H16Cl2N4O3S. The van der Waals surface area contributed by atoms with E-state index in [1.54, 1.807) is 18.3 Å². The van der Waals surface area contributed by atoms with Gasteiger partial charge in [0, 0.05) is 38.4 Å².